The Kier molecular flexibility index (Phi) is 7.82. The average Bonchev–Trinajstić information content (AvgIpc) is 2.77. The molecule has 1 heterocycles. The zero-order valence-corrected chi connectivity index (χ0v) is 11.9. The Labute approximate surface area is 107 Å². The second-order valence-electron chi connectivity index (χ2n) is 5.48. The molecule has 1 aliphatic rings. The van der Waals surface area contributed by atoms with Gasteiger partial charge in [0.15, 0.2) is 0 Å². The molecule has 0 amide bonds. The fourth-order valence-electron chi connectivity index (χ4n) is 2.25. The van der Waals surface area contributed by atoms with Crippen molar-refractivity contribution in [3.63, 3.8) is 0 Å². The van der Waals surface area contributed by atoms with Crippen LogP contribution in [0.3, 0.4) is 0 Å². The highest BCUT2D eigenvalue weighted by Crippen LogP contribution is 2.07. The Morgan fingerprint density at radius 1 is 1.18 bits per heavy atom. The van der Waals surface area contributed by atoms with Crippen LogP contribution in [0.15, 0.2) is 0 Å². The van der Waals surface area contributed by atoms with E-state index in [1.807, 2.05) is 0 Å². The molecule has 102 valence electrons. The van der Waals surface area contributed by atoms with E-state index in [4.69, 9.17) is 4.74 Å². The van der Waals surface area contributed by atoms with E-state index in [1.165, 1.54) is 38.8 Å². The highest BCUT2D eigenvalue weighted by atomic mass is 16.5. The molecule has 0 aromatic carbocycles. The average molecular weight is 242 g/mol. The monoisotopic (exact) mass is 242 g/mol. The van der Waals surface area contributed by atoms with E-state index in [2.05, 4.69) is 31.0 Å². The highest BCUT2D eigenvalue weighted by molar-refractivity contribution is 4.65. The minimum absolute atomic E-state index is 0.409. The standard InChI is InChI=1S/C14H30N2O/c1-13(2)15-8-6-7-14(3)17-12-11-16-9-4-5-10-16/h13-15H,4-12H2,1-3H3. The predicted molar refractivity (Wildman–Crippen MR) is 73.5 cm³/mol. The van der Waals surface area contributed by atoms with Crippen LogP contribution in [0.1, 0.15) is 46.5 Å². The molecule has 3 nitrogen and oxygen atoms in total. The summed E-state index contributed by atoms with van der Waals surface area (Å²) in [5, 5.41) is 3.44. The second kappa shape index (κ2) is 8.90. The Morgan fingerprint density at radius 2 is 1.88 bits per heavy atom. The Hall–Kier alpha value is -0.120. The van der Waals surface area contributed by atoms with Crippen molar-refractivity contribution in [3.8, 4) is 0 Å². The minimum Gasteiger partial charge on any atom is -0.377 e. The number of rotatable bonds is 9. The first-order valence-corrected chi connectivity index (χ1v) is 7.26. The van der Waals surface area contributed by atoms with E-state index in [9.17, 15) is 0 Å². The molecule has 1 unspecified atom stereocenters. The van der Waals surface area contributed by atoms with Crippen molar-refractivity contribution < 1.29 is 4.74 Å². The van der Waals surface area contributed by atoms with E-state index in [0.29, 0.717) is 12.1 Å². The lowest BCUT2D eigenvalue weighted by Crippen LogP contribution is -2.27. The van der Waals surface area contributed by atoms with Gasteiger partial charge in [0.25, 0.3) is 0 Å². The van der Waals surface area contributed by atoms with Gasteiger partial charge in [-0.1, -0.05) is 13.8 Å². The lowest BCUT2D eigenvalue weighted by molar-refractivity contribution is 0.0460. The van der Waals surface area contributed by atoms with Crippen LogP contribution in [0.4, 0.5) is 0 Å². The van der Waals surface area contributed by atoms with E-state index in [1.54, 1.807) is 0 Å². The van der Waals surface area contributed by atoms with E-state index >= 15 is 0 Å². The van der Waals surface area contributed by atoms with Gasteiger partial charge in [0.1, 0.15) is 0 Å². The maximum absolute atomic E-state index is 5.84. The molecule has 1 atom stereocenters. The molecule has 17 heavy (non-hydrogen) atoms. The summed E-state index contributed by atoms with van der Waals surface area (Å²) in [5.74, 6) is 0. The fourth-order valence-corrected chi connectivity index (χ4v) is 2.25. The second-order valence-corrected chi connectivity index (χ2v) is 5.48. The summed E-state index contributed by atoms with van der Waals surface area (Å²) in [6, 6.07) is 0.599. The van der Waals surface area contributed by atoms with Gasteiger partial charge in [0.05, 0.1) is 12.7 Å². The van der Waals surface area contributed by atoms with Crippen LogP contribution in [0.2, 0.25) is 0 Å². The van der Waals surface area contributed by atoms with Gasteiger partial charge in [0, 0.05) is 12.6 Å². The van der Waals surface area contributed by atoms with Gasteiger partial charge in [-0.25, -0.2) is 0 Å². The molecule has 0 saturated carbocycles. The maximum Gasteiger partial charge on any atom is 0.0597 e. The molecule has 0 bridgehead atoms. The molecule has 0 radical (unpaired) electrons. The zero-order chi connectivity index (χ0) is 12.5. The van der Waals surface area contributed by atoms with Gasteiger partial charge >= 0.3 is 0 Å². The van der Waals surface area contributed by atoms with E-state index < -0.39 is 0 Å². The Morgan fingerprint density at radius 3 is 2.53 bits per heavy atom. The van der Waals surface area contributed by atoms with Crippen molar-refractivity contribution in [3.05, 3.63) is 0 Å². The van der Waals surface area contributed by atoms with Gasteiger partial charge in [-0.05, 0) is 52.2 Å². The number of likely N-dealkylation sites (tertiary alicyclic amines) is 1. The molecule has 0 aliphatic carbocycles. The number of nitrogens with one attached hydrogen (secondary N) is 1. The predicted octanol–water partition coefficient (Wildman–Crippen LogP) is 2.27. The number of ether oxygens (including phenoxy) is 1. The highest BCUT2D eigenvalue weighted by Gasteiger charge is 2.11. The van der Waals surface area contributed by atoms with Crippen molar-refractivity contribution in [2.24, 2.45) is 0 Å². The molecular formula is C14H30N2O. The van der Waals surface area contributed by atoms with Crippen LogP contribution < -0.4 is 5.32 Å². The van der Waals surface area contributed by atoms with Crippen molar-refractivity contribution in [2.45, 2.75) is 58.6 Å². The Balaban J connectivity index is 1.88. The lowest BCUT2D eigenvalue weighted by Gasteiger charge is -2.18. The van der Waals surface area contributed by atoms with Gasteiger partial charge in [-0.15, -0.1) is 0 Å². The van der Waals surface area contributed by atoms with Gasteiger partial charge < -0.3 is 15.0 Å². The molecule has 1 rings (SSSR count). The summed E-state index contributed by atoms with van der Waals surface area (Å²) < 4.78 is 5.84. The zero-order valence-electron chi connectivity index (χ0n) is 11.9. The van der Waals surface area contributed by atoms with Crippen LogP contribution >= 0.6 is 0 Å². The summed E-state index contributed by atoms with van der Waals surface area (Å²) in [5.41, 5.74) is 0. The first-order valence-electron chi connectivity index (χ1n) is 7.26. The molecule has 1 saturated heterocycles. The summed E-state index contributed by atoms with van der Waals surface area (Å²) in [6.07, 6.45) is 5.53. The number of hydrogen-bond acceptors (Lipinski definition) is 3. The first-order chi connectivity index (χ1) is 8.18. The van der Waals surface area contributed by atoms with Crippen molar-refractivity contribution in [1.29, 1.82) is 0 Å². The van der Waals surface area contributed by atoms with Crippen LogP contribution in [0, 0.1) is 0 Å². The van der Waals surface area contributed by atoms with Crippen LogP contribution in [0.25, 0.3) is 0 Å². The normalized spacial score (nSPS) is 19.1. The van der Waals surface area contributed by atoms with Crippen LogP contribution in [-0.2, 0) is 4.74 Å². The first kappa shape index (κ1) is 14.9. The largest absolute Gasteiger partial charge is 0.377 e. The van der Waals surface area contributed by atoms with Gasteiger partial charge in [0.2, 0.25) is 0 Å². The van der Waals surface area contributed by atoms with E-state index in [0.717, 1.165) is 19.7 Å². The third kappa shape index (κ3) is 7.74. The summed E-state index contributed by atoms with van der Waals surface area (Å²) in [6.45, 7) is 12.3. The molecule has 0 aromatic rings. The Bertz CT molecular complexity index is 179. The molecule has 0 spiro atoms. The van der Waals surface area contributed by atoms with Crippen LogP contribution in [0.5, 0.6) is 0 Å². The molecule has 3 heteroatoms. The van der Waals surface area contributed by atoms with Crippen LogP contribution in [-0.4, -0.2) is 49.8 Å². The summed E-state index contributed by atoms with van der Waals surface area (Å²) in [4.78, 5) is 2.51. The van der Waals surface area contributed by atoms with Gasteiger partial charge in [-0.3, -0.25) is 0 Å². The molecule has 1 aliphatic heterocycles. The third-order valence-corrected chi connectivity index (χ3v) is 3.35. The SMILES string of the molecule is CC(C)NCCCC(C)OCCN1CCCC1. The lowest BCUT2D eigenvalue weighted by atomic mass is 10.2. The topological polar surface area (TPSA) is 24.5 Å². The van der Waals surface area contributed by atoms with Crippen molar-refractivity contribution >= 4 is 0 Å². The van der Waals surface area contributed by atoms with E-state index in [-0.39, 0.29) is 0 Å². The molecule has 0 aromatic heterocycles. The molecular weight excluding hydrogens is 212 g/mol. The van der Waals surface area contributed by atoms with Crippen molar-refractivity contribution in [1.82, 2.24) is 10.2 Å². The minimum atomic E-state index is 0.409. The fraction of sp³-hybridized carbons (Fsp3) is 1.00. The van der Waals surface area contributed by atoms with Crippen molar-refractivity contribution in [2.75, 3.05) is 32.8 Å². The third-order valence-electron chi connectivity index (χ3n) is 3.35. The molecule has 1 fully saturated rings. The number of hydrogen-bond donors (Lipinski definition) is 1. The number of nitrogens with zero attached hydrogens (tertiary/aromatic N) is 1. The summed E-state index contributed by atoms with van der Waals surface area (Å²) >= 11 is 0. The summed E-state index contributed by atoms with van der Waals surface area (Å²) in [7, 11) is 0. The smallest absolute Gasteiger partial charge is 0.0597 e. The maximum atomic E-state index is 5.84. The van der Waals surface area contributed by atoms with Gasteiger partial charge in [-0.2, -0.15) is 0 Å². The quantitative estimate of drug-likeness (QED) is 0.628. The molecule has 1 N–H and O–H groups in total.